The van der Waals surface area contributed by atoms with E-state index in [0.29, 0.717) is 6.61 Å². The lowest BCUT2D eigenvalue weighted by molar-refractivity contribution is -0.148. The maximum atomic E-state index is 11.8. The van der Waals surface area contributed by atoms with Crippen LogP contribution in [-0.4, -0.2) is 30.1 Å². The van der Waals surface area contributed by atoms with Gasteiger partial charge in [0.25, 0.3) is 0 Å². The van der Waals surface area contributed by atoms with Crippen LogP contribution in [-0.2, 0) is 9.53 Å². The largest absolute Gasteiger partial charge is 0.464 e. The van der Waals surface area contributed by atoms with Crippen LogP contribution in [0.5, 0.6) is 0 Å². The molecule has 16 heavy (non-hydrogen) atoms. The van der Waals surface area contributed by atoms with Crippen LogP contribution < -0.4 is 4.90 Å². The summed E-state index contributed by atoms with van der Waals surface area (Å²) in [6.45, 7) is 5.86. The fourth-order valence-corrected chi connectivity index (χ4v) is 1.32. The summed E-state index contributed by atoms with van der Waals surface area (Å²) in [6.07, 6.45) is 3.43. The van der Waals surface area contributed by atoms with Crippen LogP contribution in [0.1, 0.15) is 20.8 Å². The van der Waals surface area contributed by atoms with Crippen LogP contribution in [0.15, 0.2) is 24.5 Å². The minimum atomic E-state index is -0.695. The van der Waals surface area contributed by atoms with Crippen molar-refractivity contribution in [3.63, 3.8) is 0 Å². The molecule has 1 aromatic heterocycles. The first-order valence-corrected chi connectivity index (χ1v) is 5.31. The molecule has 0 aliphatic carbocycles. The molecule has 4 heteroatoms. The van der Waals surface area contributed by atoms with Crippen LogP contribution >= 0.6 is 0 Å². The van der Waals surface area contributed by atoms with Crippen molar-refractivity contribution < 1.29 is 9.53 Å². The van der Waals surface area contributed by atoms with E-state index in [1.54, 1.807) is 19.3 Å². The highest BCUT2D eigenvalue weighted by Gasteiger charge is 2.34. The summed E-state index contributed by atoms with van der Waals surface area (Å²) in [5, 5.41) is 0. The Morgan fingerprint density at radius 3 is 2.75 bits per heavy atom. The third kappa shape index (κ3) is 2.51. The molecule has 0 radical (unpaired) electrons. The maximum Gasteiger partial charge on any atom is 0.331 e. The van der Waals surface area contributed by atoms with E-state index in [0.717, 1.165) is 5.69 Å². The molecule has 1 heterocycles. The number of anilines is 1. The molecule has 0 aliphatic heterocycles. The normalized spacial score (nSPS) is 11.0. The van der Waals surface area contributed by atoms with Gasteiger partial charge in [-0.2, -0.15) is 0 Å². The molecule has 0 unspecified atom stereocenters. The average Bonchev–Trinajstić information content (AvgIpc) is 2.29. The van der Waals surface area contributed by atoms with E-state index in [-0.39, 0.29) is 5.97 Å². The van der Waals surface area contributed by atoms with Crippen molar-refractivity contribution in [1.29, 1.82) is 0 Å². The predicted octanol–water partition coefficient (Wildman–Crippen LogP) is 1.86. The first-order valence-electron chi connectivity index (χ1n) is 5.31. The Bertz CT molecular complexity index is 349. The lowest BCUT2D eigenvalue weighted by atomic mass is 10.0. The van der Waals surface area contributed by atoms with Crippen molar-refractivity contribution in [2.45, 2.75) is 26.3 Å². The quantitative estimate of drug-likeness (QED) is 0.729. The zero-order valence-electron chi connectivity index (χ0n) is 10.2. The summed E-state index contributed by atoms with van der Waals surface area (Å²) >= 11 is 0. The van der Waals surface area contributed by atoms with Gasteiger partial charge in [-0.1, -0.05) is 0 Å². The van der Waals surface area contributed by atoms with Crippen LogP contribution in [0, 0.1) is 0 Å². The molecular formula is C12H18N2O2. The van der Waals surface area contributed by atoms with Crippen LogP contribution in [0.3, 0.4) is 0 Å². The number of carbonyl (C=O) groups is 1. The van der Waals surface area contributed by atoms with Gasteiger partial charge < -0.3 is 9.64 Å². The smallest absolute Gasteiger partial charge is 0.331 e. The van der Waals surface area contributed by atoms with Gasteiger partial charge in [-0.15, -0.1) is 0 Å². The average molecular weight is 222 g/mol. The summed E-state index contributed by atoms with van der Waals surface area (Å²) in [4.78, 5) is 17.7. The van der Waals surface area contributed by atoms with Gasteiger partial charge in [-0.3, -0.25) is 4.98 Å². The molecule has 0 N–H and O–H groups in total. The first kappa shape index (κ1) is 12.5. The van der Waals surface area contributed by atoms with Crippen LogP contribution in [0.25, 0.3) is 0 Å². The second-order valence-corrected chi connectivity index (χ2v) is 4.05. The zero-order valence-corrected chi connectivity index (χ0v) is 10.2. The molecule has 0 saturated carbocycles. The van der Waals surface area contributed by atoms with Crippen molar-refractivity contribution in [3.8, 4) is 0 Å². The number of esters is 1. The van der Waals surface area contributed by atoms with Crippen molar-refractivity contribution in [2.75, 3.05) is 18.6 Å². The molecule has 0 saturated heterocycles. The second-order valence-electron chi connectivity index (χ2n) is 4.05. The summed E-state index contributed by atoms with van der Waals surface area (Å²) in [7, 11) is 1.86. The van der Waals surface area contributed by atoms with Crippen LogP contribution in [0.2, 0.25) is 0 Å². The molecule has 0 aromatic carbocycles. The van der Waals surface area contributed by atoms with E-state index >= 15 is 0 Å². The summed E-state index contributed by atoms with van der Waals surface area (Å²) in [5.41, 5.74) is 0.194. The fourth-order valence-electron chi connectivity index (χ4n) is 1.32. The lowest BCUT2D eigenvalue weighted by Gasteiger charge is -2.34. The number of hydrogen-bond donors (Lipinski definition) is 0. The monoisotopic (exact) mass is 222 g/mol. The molecule has 0 atom stereocenters. The van der Waals surface area contributed by atoms with Crippen LogP contribution in [0.4, 0.5) is 5.69 Å². The zero-order chi connectivity index (χ0) is 12.2. The maximum absolute atomic E-state index is 11.8. The Morgan fingerprint density at radius 1 is 1.56 bits per heavy atom. The summed E-state index contributed by atoms with van der Waals surface area (Å²) < 4.78 is 5.05. The van der Waals surface area contributed by atoms with Gasteiger partial charge in [-0.25, -0.2) is 4.79 Å². The van der Waals surface area contributed by atoms with E-state index in [2.05, 4.69) is 4.98 Å². The summed E-state index contributed by atoms with van der Waals surface area (Å²) in [5.74, 6) is -0.235. The number of nitrogens with zero attached hydrogens (tertiary/aromatic N) is 2. The Morgan fingerprint density at radius 2 is 2.25 bits per heavy atom. The number of likely N-dealkylation sites (N-methyl/N-ethyl adjacent to an activating group) is 1. The molecule has 1 rings (SSSR count). The van der Waals surface area contributed by atoms with Gasteiger partial charge in [-0.05, 0) is 32.9 Å². The summed E-state index contributed by atoms with van der Waals surface area (Å²) in [6, 6.07) is 3.75. The number of ether oxygens (including phenoxy) is 1. The molecule has 0 aliphatic rings. The van der Waals surface area contributed by atoms with Gasteiger partial charge in [0.2, 0.25) is 0 Å². The Kier molecular flexibility index (Phi) is 3.88. The molecule has 1 aromatic rings. The Hall–Kier alpha value is -1.58. The first-order chi connectivity index (χ1) is 7.50. The van der Waals surface area contributed by atoms with E-state index in [4.69, 9.17) is 4.74 Å². The van der Waals surface area contributed by atoms with Gasteiger partial charge in [0, 0.05) is 13.2 Å². The highest BCUT2D eigenvalue weighted by atomic mass is 16.5. The van der Waals surface area contributed by atoms with E-state index in [9.17, 15) is 4.79 Å². The predicted molar refractivity (Wildman–Crippen MR) is 63.4 cm³/mol. The minimum absolute atomic E-state index is 0.235. The fraction of sp³-hybridized carbons (Fsp3) is 0.500. The third-order valence-corrected chi connectivity index (χ3v) is 2.65. The van der Waals surface area contributed by atoms with Crippen molar-refractivity contribution >= 4 is 11.7 Å². The number of carbonyl (C=O) groups excluding carboxylic acids is 1. The van der Waals surface area contributed by atoms with Crippen molar-refractivity contribution in [2.24, 2.45) is 0 Å². The second kappa shape index (κ2) is 4.96. The van der Waals surface area contributed by atoms with E-state index in [1.165, 1.54) is 0 Å². The number of aromatic nitrogens is 1. The van der Waals surface area contributed by atoms with E-state index < -0.39 is 5.54 Å². The van der Waals surface area contributed by atoms with Gasteiger partial charge >= 0.3 is 5.97 Å². The van der Waals surface area contributed by atoms with E-state index in [1.807, 2.05) is 37.9 Å². The lowest BCUT2D eigenvalue weighted by Crippen LogP contribution is -2.49. The van der Waals surface area contributed by atoms with Crippen molar-refractivity contribution in [3.05, 3.63) is 24.5 Å². The number of hydrogen-bond acceptors (Lipinski definition) is 4. The standard InChI is InChI=1S/C12H18N2O2/c1-5-16-11(15)12(2,3)14(4)10-7-6-8-13-9-10/h6-9H,5H2,1-4H3. The van der Waals surface area contributed by atoms with Gasteiger partial charge in [0.15, 0.2) is 0 Å². The number of rotatable bonds is 4. The number of pyridine rings is 1. The topological polar surface area (TPSA) is 42.4 Å². The van der Waals surface area contributed by atoms with Gasteiger partial charge in [0.05, 0.1) is 18.5 Å². The Labute approximate surface area is 96.2 Å². The molecule has 0 amide bonds. The third-order valence-electron chi connectivity index (χ3n) is 2.65. The molecule has 4 nitrogen and oxygen atoms in total. The Balaban J connectivity index is 2.87. The van der Waals surface area contributed by atoms with Crippen molar-refractivity contribution in [1.82, 2.24) is 4.98 Å². The molecule has 88 valence electrons. The molecule has 0 spiro atoms. The highest BCUT2D eigenvalue weighted by molar-refractivity contribution is 5.84. The molecular weight excluding hydrogens is 204 g/mol. The minimum Gasteiger partial charge on any atom is -0.464 e. The van der Waals surface area contributed by atoms with Gasteiger partial charge in [0.1, 0.15) is 5.54 Å². The SMILES string of the molecule is CCOC(=O)C(C)(C)N(C)c1cccnc1. The highest BCUT2D eigenvalue weighted by Crippen LogP contribution is 2.22. The molecule has 0 bridgehead atoms. The molecule has 0 fully saturated rings.